The van der Waals surface area contributed by atoms with Crippen molar-refractivity contribution in [1.29, 1.82) is 0 Å². The van der Waals surface area contributed by atoms with E-state index >= 15 is 0 Å². The fourth-order valence-corrected chi connectivity index (χ4v) is 3.64. The molecule has 1 fully saturated rings. The molecule has 0 saturated carbocycles. The van der Waals surface area contributed by atoms with Crippen molar-refractivity contribution in [2.45, 2.75) is 18.8 Å². The van der Waals surface area contributed by atoms with Gasteiger partial charge >= 0.3 is 6.03 Å². The van der Waals surface area contributed by atoms with E-state index in [-0.39, 0.29) is 24.6 Å². The average molecular weight is 370 g/mol. The molecule has 2 aromatic heterocycles. The lowest BCUT2D eigenvalue weighted by Gasteiger charge is -2.23. The lowest BCUT2D eigenvalue weighted by Crippen LogP contribution is -2.31. The molecular weight excluding hydrogens is 348 g/mol. The van der Waals surface area contributed by atoms with Crippen molar-refractivity contribution in [3.63, 3.8) is 0 Å². The van der Waals surface area contributed by atoms with Gasteiger partial charge in [-0.3, -0.25) is 4.79 Å². The first-order valence-electron chi connectivity index (χ1n) is 9.08. The van der Waals surface area contributed by atoms with Gasteiger partial charge in [-0.25, -0.2) is 9.31 Å². The maximum absolute atomic E-state index is 12.3. The number of benzene rings is 1. The lowest BCUT2D eigenvalue weighted by atomic mass is 9.94. The molecule has 0 bridgehead atoms. The molecule has 3 aromatic rings. The summed E-state index contributed by atoms with van der Waals surface area (Å²) in [7, 11) is 0. The van der Waals surface area contributed by atoms with Crippen molar-refractivity contribution in [3.8, 4) is 0 Å². The van der Waals surface area contributed by atoms with Crippen LogP contribution in [0.15, 0.2) is 29.1 Å². The molecule has 1 aliphatic heterocycles. The summed E-state index contributed by atoms with van der Waals surface area (Å²) in [6, 6.07) is 6.61. The van der Waals surface area contributed by atoms with Gasteiger partial charge in [-0.2, -0.15) is 5.10 Å². The molecule has 1 aliphatic rings. The molecule has 5 N–H and O–H groups in total. The highest BCUT2D eigenvalue weighted by atomic mass is 16.3. The number of aliphatic hydroxyl groups is 1. The van der Waals surface area contributed by atoms with E-state index in [9.17, 15) is 9.59 Å². The number of anilines is 1. The van der Waals surface area contributed by atoms with Crippen LogP contribution < -0.4 is 21.5 Å². The van der Waals surface area contributed by atoms with Crippen molar-refractivity contribution in [1.82, 2.24) is 25.2 Å². The van der Waals surface area contributed by atoms with Crippen molar-refractivity contribution < 1.29 is 9.90 Å². The second kappa shape index (κ2) is 7.37. The molecule has 0 unspecified atom stereocenters. The number of carbonyl (C=O) groups is 1. The Morgan fingerprint density at radius 1 is 1.33 bits per heavy atom. The van der Waals surface area contributed by atoms with Crippen LogP contribution >= 0.6 is 0 Å². The van der Waals surface area contributed by atoms with Crippen molar-refractivity contribution >= 4 is 28.3 Å². The first-order chi connectivity index (χ1) is 13.2. The quantitative estimate of drug-likeness (QED) is 0.464. The number of nitrogens with zero attached hydrogens (tertiary/aromatic N) is 2. The molecular formula is C18H22N6O3. The average Bonchev–Trinajstić information content (AvgIpc) is 3.06. The Kier molecular flexibility index (Phi) is 4.78. The number of aromatic amines is 1. The molecule has 9 nitrogen and oxygen atoms in total. The van der Waals surface area contributed by atoms with Crippen LogP contribution in [0.3, 0.4) is 0 Å². The molecule has 1 aromatic carbocycles. The highest BCUT2D eigenvalue weighted by Crippen LogP contribution is 2.30. The minimum absolute atomic E-state index is 0.138. The number of piperidine rings is 1. The SMILES string of the molecule is O=C(NCCO)Nc1cccc2nn3c(C4CCNCC4)cc(=O)[nH]c3c12. The normalized spacial score (nSPS) is 15.3. The van der Waals surface area contributed by atoms with E-state index < -0.39 is 6.03 Å². The van der Waals surface area contributed by atoms with Gasteiger partial charge in [-0.1, -0.05) is 6.07 Å². The zero-order valence-electron chi connectivity index (χ0n) is 14.8. The largest absolute Gasteiger partial charge is 0.395 e. The molecule has 1 saturated heterocycles. The van der Waals surface area contributed by atoms with Crippen LogP contribution in [0.5, 0.6) is 0 Å². The Balaban J connectivity index is 1.83. The Hall–Kier alpha value is -2.91. The van der Waals surface area contributed by atoms with Gasteiger partial charge in [0.2, 0.25) is 0 Å². The molecule has 0 spiro atoms. The number of rotatable bonds is 4. The minimum atomic E-state index is -0.423. The molecule has 0 radical (unpaired) electrons. The Labute approximate surface area is 154 Å². The summed E-state index contributed by atoms with van der Waals surface area (Å²) in [5, 5.41) is 22.9. The van der Waals surface area contributed by atoms with Gasteiger partial charge in [0.15, 0.2) is 0 Å². The number of hydrogen-bond acceptors (Lipinski definition) is 5. The van der Waals surface area contributed by atoms with Crippen molar-refractivity contribution in [2.24, 2.45) is 0 Å². The van der Waals surface area contributed by atoms with Crippen LogP contribution in [-0.2, 0) is 0 Å². The number of nitrogens with one attached hydrogen (secondary N) is 4. The van der Waals surface area contributed by atoms with E-state index in [0.717, 1.165) is 31.6 Å². The second-order valence-corrected chi connectivity index (χ2v) is 6.65. The summed E-state index contributed by atoms with van der Waals surface area (Å²) < 4.78 is 1.79. The van der Waals surface area contributed by atoms with Gasteiger partial charge in [0.05, 0.1) is 28.9 Å². The number of aromatic nitrogens is 3. The first kappa shape index (κ1) is 17.5. The predicted molar refractivity (Wildman–Crippen MR) is 102 cm³/mol. The monoisotopic (exact) mass is 370 g/mol. The zero-order valence-corrected chi connectivity index (χ0v) is 14.8. The number of fused-ring (bicyclic) bond motifs is 3. The summed E-state index contributed by atoms with van der Waals surface area (Å²) in [6.45, 7) is 1.85. The minimum Gasteiger partial charge on any atom is -0.395 e. The highest BCUT2D eigenvalue weighted by molar-refractivity contribution is 6.07. The van der Waals surface area contributed by atoms with Crippen molar-refractivity contribution in [2.75, 3.05) is 31.6 Å². The highest BCUT2D eigenvalue weighted by Gasteiger charge is 2.21. The van der Waals surface area contributed by atoms with E-state index in [1.54, 1.807) is 22.7 Å². The van der Waals surface area contributed by atoms with E-state index in [1.807, 2.05) is 6.07 Å². The van der Waals surface area contributed by atoms with Crippen LogP contribution in [0.4, 0.5) is 10.5 Å². The molecule has 27 heavy (non-hydrogen) atoms. The molecule has 4 rings (SSSR count). The third kappa shape index (κ3) is 3.38. The summed E-state index contributed by atoms with van der Waals surface area (Å²) in [4.78, 5) is 27.2. The fraction of sp³-hybridized carbons (Fsp3) is 0.389. The molecule has 9 heteroatoms. The zero-order chi connectivity index (χ0) is 18.8. The van der Waals surface area contributed by atoms with E-state index in [1.165, 1.54) is 0 Å². The number of urea groups is 1. The summed E-state index contributed by atoms with van der Waals surface area (Å²) in [6.07, 6.45) is 1.90. The first-order valence-corrected chi connectivity index (χ1v) is 9.08. The standard InChI is InChI=1S/C18H22N6O3/c25-9-8-20-18(27)21-12-2-1-3-13-16(12)17-22-15(26)10-14(24(17)23-13)11-4-6-19-7-5-11/h1-3,10-11,19,25H,4-9H2,(H,22,26)(H2,20,21,27). The Morgan fingerprint density at radius 3 is 2.93 bits per heavy atom. The van der Waals surface area contributed by atoms with Gasteiger partial charge in [0.25, 0.3) is 5.56 Å². The third-order valence-corrected chi connectivity index (χ3v) is 4.87. The number of hydrogen-bond donors (Lipinski definition) is 5. The van der Waals surface area contributed by atoms with Crippen LogP contribution in [0.25, 0.3) is 16.6 Å². The van der Waals surface area contributed by atoms with Gasteiger partial charge < -0.3 is 26.0 Å². The van der Waals surface area contributed by atoms with Crippen LogP contribution in [0, 0.1) is 0 Å². The molecule has 0 atom stereocenters. The molecule has 2 amide bonds. The van der Waals surface area contributed by atoms with Crippen LogP contribution in [0.1, 0.15) is 24.5 Å². The van der Waals surface area contributed by atoms with Gasteiger partial charge in [0, 0.05) is 18.5 Å². The number of H-pyrrole nitrogens is 1. The van der Waals surface area contributed by atoms with Gasteiger partial charge in [-0.05, 0) is 38.1 Å². The van der Waals surface area contributed by atoms with E-state index in [4.69, 9.17) is 5.11 Å². The summed E-state index contributed by atoms with van der Waals surface area (Å²) in [5.41, 5.74) is 2.52. The van der Waals surface area contributed by atoms with Crippen molar-refractivity contribution in [3.05, 3.63) is 40.3 Å². The fourth-order valence-electron chi connectivity index (χ4n) is 3.64. The maximum atomic E-state index is 12.3. The molecule has 142 valence electrons. The summed E-state index contributed by atoms with van der Waals surface area (Å²) in [5.74, 6) is 0.259. The maximum Gasteiger partial charge on any atom is 0.319 e. The number of amides is 2. The predicted octanol–water partition coefficient (Wildman–Crippen LogP) is 0.757. The Bertz CT molecular complexity index is 1030. The third-order valence-electron chi connectivity index (χ3n) is 4.87. The smallest absolute Gasteiger partial charge is 0.319 e. The molecule has 3 heterocycles. The van der Waals surface area contributed by atoms with E-state index in [2.05, 4.69) is 26.0 Å². The topological polar surface area (TPSA) is 124 Å². The Morgan fingerprint density at radius 2 is 2.15 bits per heavy atom. The number of carbonyl (C=O) groups excluding carboxylic acids is 1. The van der Waals surface area contributed by atoms with Crippen LogP contribution in [0.2, 0.25) is 0 Å². The molecule has 0 aliphatic carbocycles. The van der Waals surface area contributed by atoms with Gasteiger partial charge in [0.1, 0.15) is 5.65 Å². The van der Waals surface area contributed by atoms with Crippen LogP contribution in [-0.4, -0.2) is 52.0 Å². The number of aliphatic hydroxyl groups excluding tert-OH is 1. The summed E-state index contributed by atoms with van der Waals surface area (Å²) >= 11 is 0. The lowest BCUT2D eigenvalue weighted by molar-refractivity contribution is 0.245. The second-order valence-electron chi connectivity index (χ2n) is 6.65. The van der Waals surface area contributed by atoms with Gasteiger partial charge in [-0.15, -0.1) is 0 Å². The van der Waals surface area contributed by atoms with E-state index in [0.29, 0.717) is 22.2 Å².